The maximum Gasteiger partial charge on any atom is 0.230 e. The molecule has 1 aromatic heterocycles. The number of benzene rings is 2. The zero-order chi connectivity index (χ0) is 16.1. The first-order chi connectivity index (χ1) is 11.2. The van der Waals surface area contributed by atoms with Crippen molar-refractivity contribution in [1.82, 2.24) is 15.5 Å². The molecule has 0 aliphatic heterocycles. The molecule has 0 spiro atoms. The number of amides is 1. The van der Waals surface area contributed by atoms with Crippen LogP contribution in [0.5, 0.6) is 0 Å². The second-order valence-corrected chi connectivity index (χ2v) is 5.89. The van der Waals surface area contributed by atoms with E-state index >= 15 is 0 Å². The lowest BCUT2D eigenvalue weighted by Gasteiger charge is -2.06. The highest BCUT2D eigenvalue weighted by Crippen LogP contribution is 2.24. The van der Waals surface area contributed by atoms with E-state index < -0.39 is 0 Å². The van der Waals surface area contributed by atoms with Gasteiger partial charge >= 0.3 is 0 Å². The van der Waals surface area contributed by atoms with Gasteiger partial charge in [-0.2, -0.15) is 5.10 Å². The monoisotopic (exact) mass is 327 g/mol. The van der Waals surface area contributed by atoms with Crippen molar-refractivity contribution in [3.05, 3.63) is 66.1 Å². The highest BCUT2D eigenvalue weighted by Gasteiger charge is 2.07. The van der Waals surface area contributed by atoms with E-state index in [0.29, 0.717) is 6.54 Å². The van der Waals surface area contributed by atoms with Gasteiger partial charge in [0, 0.05) is 17.3 Å². The summed E-state index contributed by atoms with van der Waals surface area (Å²) in [5.41, 5.74) is 0.856. The van der Waals surface area contributed by atoms with E-state index in [1.165, 1.54) is 23.9 Å². The number of aromatic nitrogens is 2. The molecule has 4 nitrogen and oxygen atoms in total. The molecule has 0 radical (unpaired) electrons. The Morgan fingerprint density at radius 3 is 2.74 bits per heavy atom. The van der Waals surface area contributed by atoms with Gasteiger partial charge in [-0.1, -0.05) is 48.2 Å². The van der Waals surface area contributed by atoms with Crippen LogP contribution in [0.15, 0.2) is 59.8 Å². The summed E-state index contributed by atoms with van der Waals surface area (Å²) in [5.74, 6) is -0.136. The SMILES string of the molecule is O=C(CSc1nncc2ccccc12)NCc1ccc(F)cc1. The largest absolute Gasteiger partial charge is 0.351 e. The molecule has 1 heterocycles. The van der Waals surface area contributed by atoms with E-state index in [9.17, 15) is 9.18 Å². The fourth-order valence-electron chi connectivity index (χ4n) is 2.10. The number of rotatable bonds is 5. The molecular formula is C17H14FN3OS. The Hall–Kier alpha value is -2.47. The molecule has 3 rings (SSSR count). The maximum atomic E-state index is 12.8. The highest BCUT2D eigenvalue weighted by molar-refractivity contribution is 8.00. The quantitative estimate of drug-likeness (QED) is 0.731. The smallest absolute Gasteiger partial charge is 0.230 e. The van der Waals surface area contributed by atoms with E-state index in [0.717, 1.165) is 21.4 Å². The Labute approximate surface area is 137 Å². The number of nitrogens with one attached hydrogen (secondary N) is 1. The predicted octanol–water partition coefficient (Wildman–Crippen LogP) is 3.18. The van der Waals surface area contributed by atoms with Crippen molar-refractivity contribution in [3.63, 3.8) is 0 Å². The molecule has 2 aromatic carbocycles. The fourth-order valence-corrected chi connectivity index (χ4v) is 2.91. The first-order valence-corrected chi connectivity index (χ1v) is 8.05. The minimum absolute atomic E-state index is 0.103. The summed E-state index contributed by atoms with van der Waals surface area (Å²) in [6, 6.07) is 13.9. The zero-order valence-electron chi connectivity index (χ0n) is 12.2. The number of thioether (sulfide) groups is 1. The van der Waals surface area contributed by atoms with Crippen LogP contribution in [0.2, 0.25) is 0 Å². The van der Waals surface area contributed by atoms with Crippen molar-refractivity contribution in [1.29, 1.82) is 0 Å². The third kappa shape index (κ3) is 4.04. The normalized spacial score (nSPS) is 10.7. The van der Waals surface area contributed by atoms with Gasteiger partial charge in [0.1, 0.15) is 10.8 Å². The molecule has 3 aromatic rings. The van der Waals surface area contributed by atoms with Crippen molar-refractivity contribution < 1.29 is 9.18 Å². The number of hydrogen-bond donors (Lipinski definition) is 1. The Bertz CT molecular complexity index is 818. The number of carbonyl (C=O) groups excluding carboxylic acids is 1. The molecule has 0 bridgehead atoms. The minimum atomic E-state index is -0.287. The van der Waals surface area contributed by atoms with Gasteiger partial charge in [0.25, 0.3) is 0 Å². The van der Waals surface area contributed by atoms with Crippen molar-refractivity contribution in [2.45, 2.75) is 11.6 Å². The van der Waals surface area contributed by atoms with Gasteiger partial charge in [0.05, 0.1) is 11.9 Å². The lowest BCUT2D eigenvalue weighted by molar-refractivity contribution is -0.118. The van der Waals surface area contributed by atoms with Crippen LogP contribution in [-0.4, -0.2) is 21.9 Å². The van der Waals surface area contributed by atoms with E-state index in [2.05, 4.69) is 15.5 Å². The first kappa shape index (κ1) is 15.4. The molecule has 0 saturated carbocycles. The zero-order valence-corrected chi connectivity index (χ0v) is 13.0. The Kier molecular flexibility index (Phi) is 4.83. The lowest BCUT2D eigenvalue weighted by atomic mass is 10.2. The van der Waals surface area contributed by atoms with Crippen molar-refractivity contribution in [3.8, 4) is 0 Å². The van der Waals surface area contributed by atoms with Crippen LogP contribution in [0.25, 0.3) is 10.8 Å². The van der Waals surface area contributed by atoms with E-state index in [-0.39, 0.29) is 17.5 Å². The summed E-state index contributed by atoms with van der Waals surface area (Å²) in [6.07, 6.45) is 1.70. The Balaban J connectivity index is 1.57. The summed E-state index contributed by atoms with van der Waals surface area (Å²) in [5, 5.41) is 13.6. The number of hydrogen-bond acceptors (Lipinski definition) is 4. The number of nitrogens with zero attached hydrogens (tertiary/aromatic N) is 2. The van der Waals surface area contributed by atoms with Gasteiger partial charge in [-0.3, -0.25) is 4.79 Å². The van der Waals surface area contributed by atoms with Crippen molar-refractivity contribution in [2.24, 2.45) is 0 Å². The number of halogens is 1. The van der Waals surface area contributed by atoms with Gasteiger partial charge < -0.3 is 5.32 Å². The standard InChI is InChI=1S/C17H14FN3OS/c18-14-7-5-12(6-8-14)9-19-16(22)11-23-17-15-4-2-1-3-13(15)10-20-21-17/h1-8,10H,9,11H2,(H,19,22). The Morgan fingerprint density at radius 1 is 1.13 bits per heavy atom. The van der Waals surface area contributed by atoms with Crippen LogP contribution in [0.3, 0.4) is 0 Å². The average Bonchev–Trinajstić information content (AvgIpc) is 2.59. The van der Waals surface area contributed by atoms with Crippen LogP contribution in [0, 0.1) is 5.82 Å². The molecule has 0 aliphatic rings. The number of fused-ring (bicyclic) bond motifs is 1. The van der Waals surface area contributed by atoms with Gasteiger partial charge in [0.15, 0.2) is 0 Å². The van der Waals surface area contributed by atoms with Crippen LogP contribution < -0.4 is 5.32 Å². The molecular weight excluding hydrogens is 313 g/mol. The molecule has 1 amide bonds. The van der Waals surface area contributed by atoms with E-state index in [1.807, 2.05) is 24.3 Å². The second-order valence-electron chi connectivity index (χ2n) is 4.93. The summed E-state index contributed by atoms with van der Waals surface area (Å²) in [6.45, 7) is 0.376. The van der Waals surface area contributed by atoms with E-state index in [4.69, 9.17) is 0 Å². The third-order valence-electron chi connectivity index (χ3n) is 3.28. The third-order valence-corrected chi connectivity index (χ3v) is 4.26. The molecule has 0 fully saturated rings. The van der Waals surface area contributed by atoms with E-state index in [1.54, 1.807) is 18.3 Å². The Morgan fingerprint density at radius 2 is 1.91 bits per heavy atom. The second kappa shape index (κ2) is 7.19. The van der Waals surface area contributed by atoms with Crippen LogP contribution in [0.4, 0.5) is 4.39 Å². The molecule has 0 atom stereocenters. The lowest BCUT2D eigenvalue weighted by Crippen LogP contribution is -2.24. The predicted molar refractivity (Wildman–Crippen MR) is 88.5 cm³/mol. The van der Waals surface area contributed by atoms with Gasteiger partial charge in [0.2, 0.25) is 5.91 Å². The summed E-state index contributed by atoms with van der Waals surface area (Å²) in [4.78, 5) is 11.9. The van der Waals surface area contributed by atoms with Crippen LogP contribution in [-0.2, 0) is 11.3 Å². The van der Waals surface area contributed by atoms with Crippen LogP contribution >= 0.6 is 11.8 Å². The van der Waals surface area contributed by atoms with Crippen molar-refractivity contribution in [2.75, 3.05) is 5.75 Å². The van der Waals surface area contributed by atoms with Gasteiger partial charge in [-0.15, -0.1) is 5.10 Å². The average molecular weight is 327 g/mol. The molecule has 116 valence electrons. The molecule has 6 heteroatoms. The summed E-state index contributed by atoms with van der Waals surface area (Å²) >= 11 is 1.35. The minimum Gasteiger partial charge on any atom is -0.351 e. The fraction of sp³-hybridized carbons (Fsp3) is 0.118. The van der Waals surface area contributed by atoms with Gasteiger partial charge in [-0.05, 0) is 17.7 Å². The molecule has 0 saturated heterocycles. The number of carbonyl (C=O) groups is 1. The first-order valence-electron chi connectivity index (χ1n) is 7.07. The highest BCUT2D eigenvalue weighted by atomic mass is 32.2. The molecule has 23 heavy (non-hydrogen) atoms. The molecule has 1 N–H and O–H groups in total. The topological polar surface area (TPSA) is 54.9 Å². The van der Waals surface area contributed by atoms with Crippen LogP contribution in [0.1, 0.15) is 5.56 Å². The molecule has 0 aliphatic carbocycles. The van der Waals surface area contributed by atoms with Gasteiger partial charge in [-0.25, -0.2) is 4.39 Å². The maximum absolute atomic E-state index is 12.8. The summed E-state index contributed by atoms with van der Waals surface area (Å²) < 4.78 is 12.8. The van der Waals surface area contributed by atoms with Crippen molar-refractivity contribution >= 4 is 28.4 Å². The molecule has 0 unspecified atom stereocenters. The summed E-state index contributed by atoms with van der Waals surface area (Å²) in [7, 11) is 0.